The highest BCUT2D eigenvalue weighted by molar-refractivity contribution is 7.90. The zero-order chi connectivity index (χ0) is 42.8. The third kappa shape index (κ3) is 10.2. The molecular weight excluding hydrogens is 816 g/mol. The van der Waals surface area contributed by atoms with Crippen molar-refractivity contribution >= 4 is 55.5 Å². The van der Waals surface area contributed by atoms with Crippen molar-refractivity contribution in [3.63, 3.8) is 0 Å². The second-order valence-electron chi connectivity index (χ2n) is 17.2. The zero-order valence-corrected chi connectivity index (χ0v) is 36.4. The average molecular weight is 869 g/mol. The van der Waals surface area contributed by atoms with Gasteiger partial charge in [-0.2, -0.15) is 0 Å². The fraction of sp³-hybridized carbons (Fsp3) is 0.391. The Morgan fingerprint density at radius 3 is 2.48 bits per heavy atom. The molecule has 4 N–H and O–H groups in total. The molecule has 2 fully saturated rings. The normalized spacial score (nSPS) is 18.5. The van der Waals surface area contributed by atoms with Crippen LogP contribution >= 0.6 is 11.6 Å². The molecule has 0 unspecified atom stereocenters. The van der Waals surface area contributed by atoms with Crippen molar-refractivity contribution in [3.8, 4) is 11.5 Å². The SMILES string of the molecule is Cc1cc(S(=O)(=O)NC(=O)c2ccc(N3CCN(CC4=C(c5ccc(Cl)cc5)CC(C)(C)CC4)CC3)cc2Oc2cnc3[nH]ccc3c2)ccc1NCC1(O)COCCOC1. The number of piperazine rings is 1. The first-order valence-corrected chi connectivity index (χ1v) is 22.6. The number of carbonyl (C=O) groups excluding carboxylic acids is 1. The van der Waals surface area contributed by atoms with Gasteiger partial charge in [-0.15, -0.1) is 0 Å². The lowest BCUT2D eigenvalue weighted by molar-refractivity contribution is -0.0445. The Kier molecular flexibility index (Phi) is 12.5. The predicted molar refractivity (Wildman–Crippen MR) is 238 cm³/mol. The van der Waals surface area contributed by atoms with E-state index in [1.54, 1.807) is 37.5 Å². The minimum atomic E-state index is -4.30. The molecule has 61 heavy (non-hydrogen) atoms. The van der Waals surface area contributed by atoms with E-state index in [2.05, 4.69) is 55.8 Å². The van der Waals surface area contributed by atoms with Gasteiger partial charge in [0.2, 0.25) is 0 Å². The van der Waals surface area contributed by atoms with Gasteiger partial charge in [0.1, 0.15) is 22.7 Å². The van der Waals surface area contributed by atoms with Crippen molar-refractivity contribution in [1.29, 1.82) is 0 Å². The van der Waals surface area contributed by atoms with Gasteiger partial charge in [-0.3, -0.25) is 9.69 Å². The summed E-state index contributed by atoms with van der Waals surface area (Å²) in [5.41, 5.74) is 6.00. The molecular formula is C46H53ClN6O7S. The van der Waals surface area contributed by atoms with Gasteiger partial charge >= 0.3 is 0 Å². The van der Waals surface area contributed by atoms with Gasteiger partial charge in [-0.25, -0.2) is 18.1 Å². The summed E-state index contributed by atoms with van der Waals surface area (Å²) in [6.07, 6.45) is 6.59. The zero-order valence-electron chi connectivity index (χ0n) is 34.8. The number of nitrogens with one attached hydrogen (secondary N) is 3. The van der Waals surface area contributed by atoms with Gasteiger partial charge in [0.05, 0.1) is 43.1 Å². The standard InChI is InChI=1S/C46H53ClN6O7S/c1-31-22-38(9-11-41(31)50-28-46(55)29-58-20-21-59-30-46)61(56,57)51-44(54)39-10-8-36(24-42(39)60-37-23-33-13-15-48-43(33)49-26-37)53-18-16-52(17-19-53)27-34-12-14-45(2,3)25-40(34)32-4-6-35(47)7-5-32/h4-11,13,15,22-24,26,50,55H,12,14,16-21,25,27-30H2,1-3H3,(H,48,49)(H,51,54). The summed E-state index contributed by atoms with van der Waals surface area (Å²) < 4.78 is 46.9. The molecule has 1 amide bonds. The molecule has 15 heteroatoms. The van der Waals surface area contributed by atoms with E-state index in [1.807, 2.05) is 30.3 Å². The fourth-order valence-corrected chi connectivity index (χ4v) is 9.44. The van der Waals surface area contributed by atoms with Crippen LogP contribution in [-0.2, 0) is 19.5 Å². The lowest BCUT2D eigenvalue weighted by Gasteiger charge is -2.39. The Balaban J connectivity index is 0.984. The Labute approximate surface area is 362 Å². The molecule has 0 bridgehead atoms. The molecule has 4 heterocycles. The van der Waals surface area contributed by atoms with E-state index in [0.717, 1.165) is 68.1 Å². The third-order valence-corrected chi connectivity index (χ3v) is 13.4. The van der Waals surface area contributed by atoms with Crippen LogP contribution in [0.5, 0.6) is 11.5 Å². The predicted octanol–water partition coefficient (Wildman–Crippen LogP) is 7.41. The number of sulfonamides is 1. The van der Waals surface area contributed by atoms with Gasteiger partial charge in [-0.1, -0.05) is 43.2 Å². The van der Waals surface area contributed by atoms with E-state index < -0.39 is 21.5 Å². The number of pyridine rings is 1. The quantitative estimate of drug-likeness (QED) is 0.0990. The van der Waals surface area contributed by atoms with Gasteiger partial charge in [0, 0.05) is 73.3 Å². The molecule has 0 radical (unpaired) electrons. The van der Waals surface area contributed by atoms with Crippen LogP contribution in [0.15, 0.2) is 95.7 Å². The maximum absolute atomic E-state index is 13.9. The number of ether oxygens (including phenoxy) is 3. The van der Waals surface area contributed by atoms with Crippen molar-refractivity contribution in [2.75, 3.05) is 75.9 Å². The molecule has 2 saturated heterocycles. The molecule has 3 aliphatic rings. The maximum atomic E-state index is 13.9. The van der Waals surface area contributed by atoms with E-state index >= 15 is 0 Å². The number of aliphatic hydroxyl groups is 1. The van der Waals surface area contributed by atoms with Crippen LogP contribution in [0.3, 0.4) is 0 Å². The van der Waals surface area contributed by atoms with Gasteiger partial charge in [0.15, 0.2) is 0 Å². The molecule has 1 aliphatic carbocycles. The summed E-state index contributed by atoms with van der Waals surface area (Å²) in [5.74, 6) is -0.235. The van der Waals surface area contributed by atoms with Crippen LogP contribution in [0.4, 0.5) is 11.4 Å². The number of amides is 1. The Morgan fingerprint density at radius 2 is 1.74 bits per heavy atom. The number of H-pyrrole nitrogens is 1. The van der Waals surface area contributed by atoms with E-state index in [9.17, 15) is 18.3 Å². The number of fused-ring (bicyclic) bond motifs is 1. The molecule has 2 aromatic heterocycles. The molecule has 13 nitrogen and oxygen atoms in total. The molecule has 0 spiro atoms. The van der Waals surface area contributed by atoms with Crippen LogP contribution in [0.1, 0.15) is 54.6 Å². The molecule has 2 aliphatic heterocycles. The summed E-state index contributed by atoms with van der Waals surface area (Å²) in [4.78, 5) is 26.1. The van der Waals surface area contributed by atoms with Crippen LogP contribution in [0, 0.1) is 12.3 Å². The topological polar surface area (TPSA) is 158 Å². The number of nitrogens with zero attached hydrogens (tertiary/aromatic N) is 3. The maximum Gasteiger partial charge on any atom is 0.268 e. The first-order valence-electron chi connectivity index (χ1n) is 20.7. The van der Waals surface area contributed by atoms with Crippen molar-refractivity contribution < 1.29 is 32.5 Å². The summed E-state index contributed by atoms with van der Waals surface area (Å²) in [7, 11) is -4.30. The lowest BCUT2D eigenvalue weighted by Crippen LogP contribution is -2.47. The minimum Gasteiger partial charge on any atom is -0.455 e. The van der Waals surface area contributed by atoms with Gasteiger partial charge in [0.25, 0.3) is 15.9 Å². The van der Waals surface area contributed by atoms with Gasteiger partial charge < -0.3 is 34.5 Å². The monoisotopic (exact) mass is 868 g/mol. The molecule has 8 rings (SSSR count). The second kappa shape index (κ2) is 17.8. The Morgan fingerprint density at radius 1 is 0.984 bits per heavy atom. The van der Waals surface area contributed by atoms with Gasteiger partial charge in [-0.05, 0) is 103 Å². The number of hydrogen-bond donors (Lipinski definition) is 4. The highest BCUT2D eigenvalue weighted by Gasteiger charge is 2.32. The van der Waals surface area contributed by atoms with Crippen LogP contribution < -0.4 is 19.7 Å². The number of hydrogen-bond acceptors (Lipinski definition) is 11. The van der Waals surface area contributed by atoms with Crippen molar-refractivity contribution in [3.05, 3.63) is 112 Å². The summed E-state index contributed by atoms with van der Waals surface area (Å²) >= 11 is 6.25. The van der Waals surface area contributed by atoms with E-state index in [-0.39, 0.29) is 41.4 Å². The Bertz CT molecular complexity index is 2530. The largest absolute Gasteiger partial charge is 0.455 e. The van der Waals surface area contributed by atoms with Crippen molar-refractivity contribution in [1.82, 2.24) is 19.6 Å². The fourth-order valence-electron chi connectivity index (χ4n) is 8.26. The number of halogens is 1. The number of aryl methyl sites for hydroxylation is 1. The van der Waals surface area contributed by atoms with Crippen molar-refractivity contribution in [2.45, 2.75) is 50.5 Å². The van der Waals surface area contributed by atoms with E-state index in [0.29, 0.717) is 35.9 Å². The first-order chi connectivity index (χ1) is 29.2. The minimum absolute atomic E-state index is 0.0538. The highest BCUT2D eigenvalue weighted by Crippen LogP contribution is 2.43. The molecule has 0 saturated carbocycles. The number of rotatable bonds is 12. The first kappa shape index (κ1) is 42.7. The second-order valence-corrected chi connectivity index (χ2v) is 19.3. The number of anilines is 2. The number of allylic oxidation sites excluding steroid dienone is 1. The number of carbonyl (C=O) groups is 1. The summed E-state index contributed by atoms with van der Waals surface area (Å²) in [5, 5.41) is 15.6. The number of aromatic nitrogens is 2. The molecule has 5 aromatic rings. The number of aromatic amines is 1. The lowest BCUT2D eigenvalue weighted by atomic mass is 9.72. The van der Waals surface area contributed by atoms with Crippen molar-refractivity contribution in [2.24, 2.45) is 5.41 Å². The van der Waals surface area contributed by atoms with E-state index in [4.69, 9.17) is 25.8 Å². The number of benzene rings is 3. The summed E-state index contributed by atoms with van der Waals surface area (Å²) in [6, 6.07) is 21.7. The van der Waals surface area contributed by atoms with Crippen LogP contribution in [-0.4, -0.2) is 106 Å². The Hall–Kier alpha value is -4.96. The molecule has 0 atom stereocenters. The van der Waals surface area contributed by atoms with Crippen LogP contribution in [0.25, 0.3) is 16.6 Å². The third-order valence-electron chi connectivity index (χ3n) is 11.8. The average Bonchev–Trinajstić information content (AvgIpc) is 3.60. The smallest absolute Gasteiger partial charge is 0.268 e. The highest BCUT2D eigenvalue weighted by atomic mass is 35.5. The van der Waals surface area contributed by atoms with E-state index in [1.165, 1.54) is 28.8 Å². The summed E-state index contributed by atoms with van der Waals surface area (Å²) in [6.45, 7) is 11.7. The molecule has 322 valence electrons. The molecule has 3 aromatic carbocycles. The van der Waals surface area contributed by atoms with Crippen LogP contribution in [0.2, 0.25) is 5.02 Å².